The second-order valence-corrected chi connectivity index (χ2v) is 8.18. The van der Waals surface area contributed by atoms with Crippen molar-refractivity contribution in [3.8, 4) is 5.75 Å². The van der Waals surface area contributed by atoms with Crippen molar-refractivity contribution in [3.63, 3.8) is 0 Å². The first kappa shape index (κ1) is 18.7. The highest BCUT2D eigenvalue weighted by Crippen LogP contribution is 2.34. The Bertz CT molecular complexity index is 1070. The average Bonchev–Trinajstić information content (AvgIpc) is 3.00. The van der Waals surface area contributed by atoms with E-state index in [2.05, 4.69) is 18.2 Å². The number of carbonyl (C=O) groups excluding carboxylic acids is 1. The highest BCUT2D eigenvalue weighted by molar-refractivity contribution is 8.26. The first-order valence-corrected chi connectivity index (χ1v) is 10.2. The lowest BCUT2D eigenvalue weighted by molar-refractivity contribution is -0.122. The van der Waals surface area contributed by atoms with Crippen molar-refractivity contribution in [2.75, 3.05) is 13.7 Å². The lowest BCUT2D eigenvalue weighted by Gasteiger charge is -2.14. The van der Waals surface area contributed by atoms with Gasteiger partial charge in [0.15, 0.2) is 0 Å². The van der Waals surface area contributed by atoms with Crippen LogP contribution in [-0.4, -0.2) is 28.8 Å². The third-order valence-corrected chi connectivity index (χ3v) is 6.14. The van der Waals surface area contributed by atoms with Crippen LogP contribution in [0.2, 0.25) is 0 Å². The summed E-state index contributed by atoms with van der Waals surface area (Å²) in [5.41, 5.74) is 2.18. The van der Waals surface area contributed by atoms with Gasteiger partial charge in [-0.3, -0.25) is 9.69 Å². The molecule has 28 heavy (non-hydrogen) atoms. The molecule has 1 saturated heterocycles. The van der Waals surface area contributed by atoms with E-state index in [9.17, 15) is 4.79 Å². The predicted molar refractivity (Wildman–Crippen MR) is 121 cm³/mol. The van der Waals surface area contributed by atoms with Crippen LogP contribution in [0.4, 0.5) is 0 Å². The molecule has 0 unspecified atom stereocenters. The smallest absolute Gasteiger partial charge is 0.266 e. The maximum atomic E-state index is 12.9. The highest BCUT2D eigenvalue weighted by atomic mass is 32.2. The largest absolute Gasteiger partial charge is 0.497 e. The zero-order chi connectivity index (χ0) is 19.5. The Hall–Kier alpha value is -2.63. The van der Waals surface area contributed by atoms with Crippen LogP contribution < -0.4 is 4.74 Å². The summed E-state index contributed by atoms with van der Waals surface area (Å²) in [6, 6.07) is 22.2. The van der Waals surface area contributed by atoms with Gasteiger partial charge in [0.25, 0.3) is 5.91 Å². The number of ether oxygens (including phenoxy) is 1. The molecule has 5 heteroatoms. The van der Waals surface area contributed by atoms with E-state index in [-0.39, 0.29) is 5.91 Å². The summed E-state index contributed by atoms with van der Waals surface area (Å²) >= 11 is 6.84. The molecule has 0 aliphatic carbocycles. The standard InChI is InChI=1S/C23H19NO2S2/c1-26-19-11-9-16(10-12-19)13-14-24-22(25)21(28-23(24)27)15-18-7-4-6-17-5-2-3-8-20(17)18/h2-12,15H,13-14H2,1H3. The lowest BCUT2D eigenvalue weighted by atomic mass is 10.0. The molecular formula is C23H19NO2S2. The Labute approximate surface area is 174 Å². The zero-order valence-corrected chi connectivity index (χ0v) is 17.1. The van der Waals surface area contributed by atoms with Gasteiger partial charge in [-0.05, 0) is 46.5 Å². The predicted octanol–water partition coefficient (Wildman–Crippen LogP) is 5.29. The molecule has 1 amide bonds. The maximum absolute atomic E-state index is 12.9. The molecule has 4 rings (SSSR count). The van der Waals surface area contributed by atoms with Crippen LogP contribution in [0, 0.1) is 0 Å². The molecule has 3 nitrogen and oxygen atoms in total. The zero-order valence-electron chi connectivity index (χ0n) is 15.4. The van der Waals surface area contributed by atoms with E-state index in [1.165, 1.54) is 11.8 Å². The fourth-order valence-corrected chi connectivity index (χ4v) is 4.54. The number of thioether (sulfide) groups is 1. The third-order valence-electron chi connectivity index (χ3n) is 4.77. The van der Waals surface area contributed by atoms with Crippen molar-refractivity contribution in [1.82, 2.24) is 4.90 Å². The Morgan fingerprint density at radius 1 is 1.04 bits per heavy atom. The third kappa shape index (κ3) is 3.81. The summed E-state index contributed by atoms with van der Waals surface area (Å²) in [7, 11) is 1.65. The van der Waals surface area contributed by atoms with Crippen molar-refractivity contribution in [2.24, 2.45) is 0 Å². The Morgan fingerprint density at radius 3 is 2.57 bits per heavy atom. The number of nitrogens with zero attached hydrogens (tertiary/aromatic N) is 1. The summed E-state index contributed by atoms with van der Waals surface area (Å²) in [6.07, 6.45) is 2.70. The minimum absolute atomic E-state index is 0.0172. The van der Waals surface area contributed by atoms with E-state index in [0.29, 0.717) is 15.8 Å². The minimum Gasteiger partial charge on any atom is -0.497 e. The quantitative estimate of drug-likeness (QED) is 0.426. The lowest BCUT2D eigenvalue weighted by Crippen LogP contribution is -2.30. The molecule has 0 spiro atoms. The van der Waals surface area contributed by atoms with Crippen LogP contribution in [0.15, 0.2) is 71.6 Å². The second-order valence-electron chi connectivity index (χ2n) is 6.50. The van der Waals surface area contributed by atoms with Gasteiger partial charge in [0.05, 0.1) is 12.0 Å². The van der Waals surface area contributed by atoms with Crippen molar-refractivity contribution in [3.05, 3.63) is 82.8 Å². The van der Waals surface area contributed by atoms with Crippen molar-refractivity contribution >= 4 is 51.1 Å². The molecule has 1 aliphatic rings. The van der Waals surface area contributed by atoms with Gasteiger partial charge in [0.1, 0.15) is 10.1 Å². The topological polar surface area (TPSA) is 29.5 Å². The van der Waals surface area contributed by atoms with Crippen LogP contribution in [0.5, 0.6) is 5.75 Å². The molecule has 3 aromatic carbocycles. The Kier molecular flexibility index (Phi) is 5.46. The molecule has 0 radical (unpaired) electrons. The van der Waals surface area contributed by atoms with E-state index in [1.54, 1.807) is 12.0 Å². The summed E-state index contributed by atoms with van der Waals surface area (Å²) < 4.78 is 5.80. The summed E-state index contributed by atoms with van der Waals surface area (Å²) in [5, 5.41) is 2.29. The summed E-state index contributed by atoms with van der Waals surface area (Å²) in [6.45, 7) is 0.573. The number of hydrogen-bond acceptors (Lipinski definition) is 4. The highest BCUT2D eigenvalue weighted by Gasteiger charge is 2.31. The molecule has 0 N–H and O–H groups in total. The fraction of sp³-hybridized carbons (Fsp3) is 0.130. The molecule has 0 saturated carbocycles. The molecule has 0 aromatic heterocycles. The molecule has 3 aromatic rings. The molecule has 0 atom stereocenters. The number of fused-ring (bicyclic) bond motifs is 1. The monoisotopic (exact) mass is 405 g/mol. The second kappa shape index (κ2) is 8.17. The normalized spacial score (nSPS) is 15.6. The van der Waals surface area contributed by atoms with Crippen molar-refractivity contribution in [1.29, 1.82) is 0 Å². The Balaban J connectivity index is 1.52. The van der Waals surface area contributed by atoms with Gasteiger partial charge in [0.2, 0.25) is 0 Å². The minimum atomic E-state index is -0.0172. The number of rotatable bonds is 5. The van der Waals surface area contributed by atoms with Crippen molar-refractivity contribution < 1.29 is 9.53 Å². The van der Waals surface area contributed by atoms with Gasteiger partial charge in [-0.2, -0.15) is 0 Å². The van der Waals surface area contributed by atoms with Crippen LogP contribution >= 0.6 is 24.0 Å². The SMILES string of the molecule is COc1ccc(CCN2C(=O)C(=Cc3cccc4ccccc34)SC2=S)cc1. The molecule has 140 valence electrons. The van der Waals surface area contributed by atoms with E-state index in [4.69, 9.17) is 17.0 Å². The van der Waals surface area contributed by atoms with Gasteiger partial charge in [-0.25, -0.2) is 0 Å². The van der Waals surface area contributed by atoms with Gasteiger partial charge >= 0.3 is 0 Å². The average molecular weight is 406 g/mol. The van der Waals surface area contributed by atoms with Crippen LogP contribution in [0.1, 0.15) is 11.1 Å². The first-order valence-electron chi connectivity index (χ1n) is 9.02. The molecule has 0 bridgehead atoms. The number of amides is 1. The number of methoxy groups -OCH3 is 1. The van der Waals surface area contributed by atoms with E-state index >= 15 is 0 Å². The van der Waals surface area contributed by atoms with Crippen LogP contribution in [0.25, 0.3) is 16.8 Å². The van der Waals surface area contributed by atoms with Crippen molar-refractivity contribution in [2.45, 2.75) is 6.42 Å². The molecule has 1 fully saturated rings. The van der Waals surface area contributed by atoms with Crippen LogP contribution in [-0.2, 0) is 11.2 Å². The number of carbonyl (C=O) groups is 1. The maximum Gasteiger partial charge on any atom is 0.266 e. The van der Waals surface area contributed by atoms with E-state index in [0.717, 1.165) is 34.1 Å². The molecule has 1 aliphatic heterocycles. The molecule has 1 heterocycles. The number of benzene rings is 3. The fourth-order valence-electron chi connectivity index (χ4n) is 3.24. The first-order chi connectivity index (χ1) is 13.7. The van der Waals surface area contributed by atoms with Gasteiger partial charge in [-0.15, -0.1) is 0 Å². The van der Waals surface area contributed by atoms with Gasteiger partial charge in [-0.1, -0.05) is 78.6 Å². The number of thiocarbonyl (C=S) groups is 1. The van der Waals surface area contributed by atoms with Gasteiger partial charge in [0, 0.05) is 6.54 Å². The van der Waals surface area contributed by atoms with Crippen LogP contribution in [0.3, 0.4) is 0 Å². The van der Waals surface area contributed by atoms with Gasteiger partial charge < -0.3 is 4.74 Å². The summed E-state index contributed by atoms with van der Waals surface area (Å²) in [4.78, 5) is 15.3. The Morgan fingerprint density at radius 2 is 1.79 bits per heavy atom. The van der Waals surface area contributed by atoms with E-state index in [1.807, 2.05) is 54.6 Å². The van der Waals surface area contributed by atoms with E-state index < -0.39 is 0 Å². The molecular weight excluding hydrogens is 386 g/mol. The number of hydrogen-bond donors (Lipinski definition) is 0. The summed E-state index contributed by atoms with van der Waals surface area (Å²) in [5.74, 6) is 0.809.